The lowest BCUT2D eigenvalue weighted by Gasteiger charge is -2.16. The maximum Gasteiger partial charge on any atom is 0.240 e. The molecule has 2 N–H and O–H groups in total. The van der Waals surface area contributed by atoms with E-state index in [0.29, 0.717) is 18.4 Å². The van der Waals surface area contributed by atoms with Crippen LogP contribution in [0.2, 0.25) is 0 Å². The van der Waals surface area contributed by atoms with Crippen molar-refractivity contribution in [3.05, 3.63) is 29.8 Å². The Labute approximate surface area is 113 Å². The van der Waals surface area contributed by atoms with E-state index >= 15 is 0 Å². The summed E-state index contributed by atoms with van der Waals surface area (Å²) < 4.78 is 26.8. The first-order valence-electron chi connectivity index (χ1n) is 6.15. The highest BCUT2D eigenvalue weighted by Gasteiger charge is 2.19. The standard InChI is InChI=1S/C13H19NO4S/c1-3-12(7-8-15)14-19(17,18)13-6-4-5-11(9-13)10(2)16/h4-6,9,12,14-15H,3,7-8H2,1-2H3. The van der Waals surface area contributed by atoms with Gasteiger partial charge in [-0.1, -0.05) is 19.1 Å². The summed E-state index contributed by atoms with van der Waals surface area (Å²) in [6, 6.07) is 5.61. The van der Waals surface area contributed by atoms with E-state index < -0.39 is 10.0 Å². The molecule has 0 spiro atoms. The van der Waals surface area contributed by atoms with Crippen LogP contribution >= 0.6 is 0 Å². The van der Waals surface area contributed by atoms with Crippen LogP contribution in [0.3, 0.4) is 0 Å². The Morgan fingerprint density at radius 2 is 2.11 bits per heavy atom. The van der Waals surface area contributed by atoms with Crippen molar-refractivity contribution >= 4 is 15.8 Å². The number of benzene rings is 1. The first-order valence-corrected chi connectivity index (χ1v) is 7.63. The van der Waals surface area contributed by atoms with Gasteiger partial charge in [0.25, 0.3) is 0 Å². The average molecular weight is 285 g/mol. The van der Waals surface area contributed by atoms with E-state index in [9.17, 15) is 13.2 Å². The van der Waals surface area contributed by atoms with Gasteiger partial charge in [0.15, 0.2) is 5.78 Å². The minimum atomic E-state index is -3.66. The van der Waals surface area contributed by atoms with Crippen molar-refractivity contribution in [1.82, 2.24) is 4.72 Å². The van der Waals surface area contributed by atoms with E-state index in [0.717, 1.165) is 0 Å². The number of carbonyl (C=O) groups excluding carboxylic acids is 1. The highest BCUT2D eigenvalue weighted by Crippen LogP contribution is 2.13. The van der Waals surface area contributed by atoms with E-state index in [1.807, 2.05) is 6.92 Å². The molecule has 19 heavy (non-hydrogen) atoms. The molecule has 1 aromatic carbocycles. The molecule has 0 aliphatic heterocycles. The SMILES string of the molecule is CCC(CCO)NS(=O)(=O)c1cccc(C(C)=O)c1. The second-order valence-corrected chi connectivity index (χ2v) is 6.04. The van der Waals surface area contributed by atoms with Crippen molar-refractivity contribution in [3.63, 3.8) is 0 Å². The topological polar surface area (TPSA) is 83.5 Å². The van der Waals surface area contributed by atoms with E-state index in [-0.39, 0.29) is 23.3 Å². The van der Waals surface area contributed by atoms with Crippen LogP contribution in [0.4, 0.5) is 0 Å². The smallest absolute Gasteiger partial charge is 0.240 e. The second kappa shape index (κ2) is 6.79. The minimum absolute atomic E-state index is 0.0663. The molecule has 1 atom stereocenters. The van der Waals surface area contributed by atoms with Gasteiger partial charge in [-0.25, -0.2) is 13.1 Å². The molecule has 0 aliphatic carbocycles. The van der Waals surface area contributed by atoms with E-state index in [1.54, 1.807) is 6.07 Å². The largest absolute Gasteiger partial charge is 0.396 e. The van der Waals surface area contributed by atoms with Crippen LogP contribution in [0.15, 0.2) is 29.2 Å². The van der Waals surface area contributed by atoms with Crippen LogP contribution in [-0.4, -0.2) is 32.0 Å². The molecule has 0 radical (unpaired) electrons. The van der Waals surface area contributed by atoms with E-state index in [2.05, 4.69) is 4.72 Å². The molecule has 0 aromatic heterocycles. The van der Waals surface area contributed by atoms with Crippen molar-refractivity contribution in [1.29, 1.82) is 0 Å². The molecule has 0 fully saturated rings. The van der Waals surface area contributed by atoms with Crippen molar-refractivity contribution in [2.24, 2.45) is 0 Å². The molecule has 0 bridgehead atoms. The maximum absolute atomic E-state index is 12.1. The molecule has 106 valence electrons. The minimum Gasteiger partial charge on any atom is -0.396 e. The molecule has 0 amide bonds. The van der Waals surface area contributed by atoms with Crippen LogP contribution in [-0.2, 0) is 10.0 Å². The fraction of sp³-hybridized carbons (Fsp3) is 0.462. The number of nitrogens with one attached hydrogen (secondary N) is 1. The van der Waals surface area contributed by atoms with Gasteiger partial charge in [-0.15, -0.1) is 0 Å². The van der Waals surface area contributed by atoms with Gasteiger partial charge in [0.05, 0.1) is 4.90 Å². The van der Waals surface area contributed by atoms with Gasteiger partial charge in [-0.2, -0.15) is 0 Å². The summed E-state index contributed by atoms with van der Waals surface area (Å²) in [6.07, 6.45) is 0.953. The fourth-order valence-electron chi connectivity index (χ4n) is 1.67. The fourth-order valence-corrected chi connectivity index (χ4v) is 3.07. The van der Waals surface area contributed by atoms with Gasteiger partial charge in [-0.3, -0.25) is 4.79 Å². The summed E-state index contributed by atoms with van der Waals surface area (Å²) in [7, 11) is -3.66. The van der Waals surface area contributed by atoms with Crippen LogP contribution in [0.5, 0.6) is 0 Å². The van der Waals surface area contributed by atoms with Gasteiger partial charge < -0.3 is 5.11 Å². The number of Topliss-reactive ketones (excluding diaryl/α,β-unsaturated/α-hetero) is 1. The lowest BCUT2D eigenvalue weighted by atomic mass is 10.2. The van der Waals surface area contributed by atoms with Crippen molar-refractivity contribution in [2.45, 2.75) is 37.6 Å². The molecule has 0 saturated heterocycles. The Morgan fingerprint density at radius 3 is 2.63 bits per heavy atom. The van der Waals surface area contributed by atoms with Crippen LogP contribution < -0.4 is 4.72 Å². The zero-order valence-electron chi connectivity index (χ0n) is 11.1. The Bertz CT molecular complexity index is 539. The molecule has 5 nitrogen and oxygen atoms in total. The number of rotatable bonds is 7. The van der Waals surface area contributed by atoms with Gasteiger partial charge in [-0.05, 0) is 31.9 Å². The monoisotopic (exact) mass is 285 g/mol. The van der Waals surface area contributed by atoms with E-state index in [4.69, 9.17) is 5.11 Å². The molecule has 1 aromatic rings. The summed E-state index contributed by atoms with van der Waals surface area (Å²) in [5.74, 6) is -0.181. The predicted octanol–water partition coefficient (Wildman–Crippen LogP) is 1.33. The normalized spacial score (nSPS) is 13.2. The maximum atomic E-state index is 12.1. The Morgan fingerprint density at radius 1 is 1.42 bits per heavy atom. The predicted molar refractivity (Wildman–Crippen MR) is 72.5 cm³/mol. The highest BCUT2D eigenvalue weighted by molar-refractivity contribution is 7.89. The molecule has 1 rings (SSSR count). The molecule has 0 heterocycles. The first-order chi connectivity index (χ1) is 8.90. The van der Waals surface area contributed by atoms with Gasteiger partial charge in [0, 0.05) is 18.2 Å². The number of hydrogen-bond acceptors (Lipinski definition) is 4. The second-order valence-electron chi connectivity index (χ2n) is 4.32. The summed E-state index contributed by atoms with van der Waals surface area (Å²) in [6.45, 7) is 3.16. The Balaban J connectivity index is 2.99. The van der Waals surface area contributed by atoms with Gasteiger partial charge >= 0.3 is 0 Å². The summed E-state index contributed by atoms with van der Waals surface area (Å²) in [4.78, 5) is 11.3. The molecule has 6 heteroatoms. The Kier molecular flexibility index (Phi) is 5.65. The van der Waals surface area contributed by atoms with Gasteiger partial charge in [0.1, 0.15) is 0 Å². The number of aliphatic hydroxyl groups is 1. The quantitative estimate of drug-likeness (QED) is 0.740. The lowest BCUT2D eigenvalue weighted by Crippen LogP contribution is -2.35. The third-order valence-corrected chi connectivity index (χ3v) is 4.36. The highest BCUT2D eigenvalue weighted by atomic mass is 32.2. The number of carbonyl (C=O) groups is 1. The molecular weight excluding hydrogens is 266 g/mol. The van der Waals surface area contributed by atoms with Crippen LogP contribution in [0.25, 0.3) is 0 Å². The van der Waals surface area contributed by atoms with E-state index in [1.165, 1.54) is 25.1 Å². The Hall–Kier alpha value is -1.24. The number of sulfonamides is 1. The first kappa shape index (κ1) is 15.8. The lowest BCUT2D eigenvalue weighted by molar-refractivity contribution is 0.101. The number of hydrogen-bond donors (Lipinski definition) is 2. The number of aliphatic hydroxyl groups excluding tert-OH is 1. The van der Waals surface area contributed by atoms with Gasteiger partial charge in [0.2, 0.25) is 10.0 Å². The number of ketones is 1. The summed E-state index contributed by atoms with van der Waals surface area (Å²) in [5.41, 5.74) is 0.359. The zero-order chi connectivity index (χ0) is 14.5. The van der Waals surface area contributed by atoms with Crippen molar-refractivity contribution < 1.29 is 18.3 Å². The van der Waals surface area contributed by atoms with Crippen molar-refractivity contribution in [3.8, 4) is 0 Å². The van der Waals surface area contributed by atoms with Crippen molar-refractivity contribution in [2.75, 3.05) is 6.61 Å². The third kappa shape index (κ3) is 4.41. The molecule has 0 aliphatic rings. The third-order valence-electron chi connectivity index (χ3n) is 2.84. The summed E-state index contributed by atoms with van der Waals surface area (Å²) in [5, 5.41) is 8.87. The molecule has 0 saturated carbocycles. The van der Waals surface area contributed by atoms with Crippen LogP contribution in [0, 0.1) is 0 Å². The molecular formula is C13H19NO4S. The molecule has 1 unspecified atom stereocenters. The summed E-state index contributed by atoms with van der Waals surface area (Å²) >= 11 is 0. The van der Waals surface area contributed by atoms with Crippen LogP contribution in [0.1, 0.15) is 37.0 Å². The average Bonchev–Trinajstić information content (AvgIpc) is 2.38. The zero-order valence-corrected chi connectivity index (χ0v) is 11.9.